The summed E-state index contributed by atoms with van der Waals surface area (Å²) in [4.78, 5) is 38.2. The van der Waals surface area contributed by atoms with E-state index in [0.717, 1.165) is 24.4 Å². The van der Waals surface area contributed by atoms with Gasteiger partial charge in [-0.25, -0.2) is 0 Å². The standard InChI is InChI=1S/C16H25N5O3S/c1-10(2)8-17-14(22)15(23)18-9-12-4-6-21(7-5-12)16(24)13-11(3)19-20-25-13/h10,12H,4-9H2,1-3H3,(H,17,22)(H,18,23). The van der Waals surface area contributed by atoms with Crippen LogP contribution in [0.4, 0.5) is 0 Å². The summed E-state index contributed by atoms with van der Waals surface area (Å²) in [6, 6.07) is 0. The number of hydrogen-bond acceptors (Lipinski definition) is 6. The summed E-state index contributed by atoms with van der Waals surface area (Å²) < 4.78 is 3.80. The minimum absolute atomic E-state index is 0.0250. The van der Waals surface area contributed by atoms with Gasteiger partial charge < -0.3 is 15.5 Å². The molecule has 1 aliphatic heterocycles. The highest BCUT2D eigenvalue weighted by atomic mass is 32.1. The highest BCUT2D eigenvalue weighted by molar-refractivity contribution is 7.07. The monoisotopic (exact) mass is 367 g/mol. The van der Waals surface area contributed by atoms with Crippen molar-refractivity contribution < 1.29 is 14.4 Å². The van der Waals surface area contributed by atoms with Gasteiger partial charge in [0.05, 0.1) is 5.69 Å². The van der Waals surface area contributed by atoms with Gasteiger partial charge in [-0.3, -0.25) is 14.4 Å². The number of hydrogen-bond donors (Lipinski definition) is 2. The average Bonchev–Trinajstić information content (AvgIpc) is 3.03. The van der Waals surface area contributed by atoms with Crippen LogP contribution < -0.4 is 10.6 Å². The summed E-state index contributed by atoms with van der Waals surface area (Å²) in [6.07, 6.45) is 1.59. The lowest BCUT2D eigenvalue weighted by atomic mass is 9.96. The van der Waals surface area contributed by atoms with Crippen LogP contribution in [0.3, 0.4) is 0 Å². The second kappa shape index (κ2) is 8.89. The maximum atomic E-state index is 12.4. The molecule has 0 atom stereocenters. The first-order valence-electron chi connectivity index (χ1n) is 8.52. The van der Waals surface area contributed by atoms with Crippen molar-refractivity contribution in [2.75, 3.05) is 26.2 Å². The minimum Gasteiger partial charge on any atom is -0.348 e. The van der Waals surface area contributed by atoms with E-state index in [1.165, 1.54) is 0 Å². The molecule has 0 spiro atoms. The lowest BCUT2D eigenvalue weighted by Crippen LogP contribution is -2.45. The molecular weight excluding hydrogens is 342 g/mol. The van der Waals surface area contributed by atoms with Crippen LogP contribution in [0.5, 0.6) is 0 Å². The zero-order chi connectivity index (χ0) is 18.4. The van der Waals surface area contributed by atoms with Crippen molar-refractivity contribution in [1.82, 2.24) is 25.1 Å². The Hall–Kier alpha value is -2.03. The molecule has 0 aromatic carbocycles. The normalized spacial score (nSPS) is 15.3. The minimum atomic E-state index is -0.592. The molecule has 0 unspecified atom stereocenters. The third-order valence-electron chi connectivity index (χ3n) is 4.18. The van der Waals surface area contributed by atoms with Gasteiger partial charge in [-0.05, 0) is 43.1 Å². The molecule has 2 heterocycles. The van der Waals surface area contributed by atoms with Gasteiger partial charge in [0, 0.05) is 26.2 Å². The average molecular weight is 367 g/mol. The van der Waals surface area contributed by atoms with Crippen LogP contribution in [0.1, 0.15) is 42.1 Å². The fourth-order valence-corrected chi connectivity index (χ4v) is 3.23. The Kier molecular flexibility index (Phi) is 6.86. The van der Waals surface area contributed by atoms with Crippen LogP contribution >= 0.6 is 11.5 Å². The molecule has 0 radical (unpaired) electrons. The molecule has 2 N–H and O–H groups in total. The molecule has 0 bridgehead atoms. The summed E-state index contributed by atoms with van der Waals surface area (Å²) >= 11 is 1.12. The number of aromatic nitrogens is 2. The van der Waals surface area contributed by atoms with Crippen molar-refractivity contribution in [3.63, 3.8) is 0 Å². The van der Waals surface area contributed by atoms with Crippen LogP contribution in [0.15, 0.2) is 0 Å². The third kappa shape index (κ3) is 5.48. The van der Waals surface area contributed by atoms with E-state index >= 15 is 0 Å². The summed E-state index contributed by atoms with van der Waals surface area (Å²) in [5.41, 5.74) is 0.664. The number of aryl methyl sites for hydroxylation is 1. The number of carbonyl (C=O) groups is 3. The van der Waals surface area contributed by atoms with Crippen molar-refractivity contribution in [2.45, 2.75) is 33.6 Å². The second-order valence-electron chi connectivity index (χ2n) is 6.74. The van der Waals surface area contributed by atoms with Gasteiger partial charge >= 0.3 is 11.8 Å². The predicted octanol–water partition coefficient (Wildman–Crippen LogP) is 0.587. The van der Waals surface area contributed by atoms with Crippen molar-refractivity contribution >= 4 is 29.3 Å². The highest BCUT2D eigenvalue weighted by Crippen LogP contribution is 2.20. The Labute approximate surface area is 151 Å². The Morgan fingerprint density at radius 2 is 1.84 bits per heavy atom. The maximum Gasteiger partial charge on any atom is 0.309 e. The van der Waals surface area contributed by atoms with Gasteiger partial charge in [0.2, 0.25) is 0 Å². The molecule has 0 aliphatic carbocycles. The zero-order valence-electron chi connectivity index (χ0n) is 14.9. The Bertz CT molecular complexity index is 623. The number of amides is 3. The first-order chi connectivity index (χ1) is 11.9. The second-order valence-corrected chi connectivity index (χ2v) is 7.49. The molecule has 0 saturated carbocycles. The van der Waals surface area contributed by atoms with Crippen molar-refractivity contribution in [3.8, 4) is 0 Å². The molecular formula is C16H25N5O3S. The number of nitrogens with one attached hydrogen (secondary N) is 2. The van der Waals surface area contributed by atoms with Crippen LogP contribution in [0, 0.1) is 18.8 Å². The molecule has 8 nitrogen and oxygen atoms in total. The van der Waals surface area contributed by atoms with Crippen LogP contribution in [0.2, 0.25) is 0 Å². The molecule has 1 saturated heterocycles. The summed E-state index contributed by atoms with van der Waals surface area (Å²) in [7, 11) is 0. The Morgan fingerprint density at radius 1 is 1.20 bits per heavy atom. The van der Waals surface area contributed by atoms with E-state index in [1.807, 2.05) is 13.8 Å². The summed E-state index contributed by atoms with van der Waals surface area (Å²) in [5.74, 6) is -0.634. The van der Waals surface area contributed by atoms with Crippen molar-refractivity contribution in [3.05, 3.63) is 10.6 Å². The SMILES string of the molecule is Cc1nnsc1C(=O)N1CCC(CNC(=O)C(=O)NCC(C)C)CC1. The highest BCUT2D eigenvalue weighted by Gasteiger charge is 2.26. The zero-order valence-corrected chi connectivity index (χ0v) is 15.7. The number of carbonyl (C=O) groups excluding carboxylic acids is 3. The van der Waals surface area contributed by atoms with Crippen molar-refractivity contribution in [2.24, 2.45) is 11.8 Å². The number of rotatable bonds is 5. The van der Waals surface area contributed by atoms with Crippen LogP contribution in [-0.4, -0.2) is 58.4 Å². The fourth-order valence-electron chi connectivity index (χ4n) is 2.61. The van der Waals surface area contributed by atoms with Gasteiger partial charge in [0.15, 0.2) is 0 Å². The largest absolute Gasteiger partial charge is 0.348 e. The van der Waals surface area contributed by atoms with Crippen LogP contribution in [-0.2, 0) is 9.59 Å². The molecule has 138 valence electrons. The van der Waals surface area contributed by atoms with Crippen molar-refractivity contribution in [1.29, 1.82) is 0 Å². The summed E-state index contributed by atoms with van der Waals surface area (Å²) in [6.45, 7) is 7.93. The molecule has 2 rings (SSSR count). The number of likely N-dealkylation sites (tertiary alicyclic amines) is 1. The molecule has 1 aromatic rings. The number of piperidine rings is 1. The topological polar surface area (TPSA) is 104 Å². The van der Waals surface area contributed by atoms with Gasteiger partial charge in [-0.1, -0.05) is 18.3 Å². The van der Waals surface area contributed by atoms with E-state index in [0.29, 0.717) is 42.7 Å². The van der Waals surface area contributed by atoms with Gasteiger partial charge in [0.25, 0.3) is 5.91 Å². The number of nitrogens with zero attached hydrogens (tertiary/aromatic N) is 3. The molecule has 1 fully saturated rings. The fraction of sp³-hybridized carbons (Fsp3) is 0.688. The van der Waals surface area contributed by atoms with E-state index in [-0.39, 0.29) is 11.8 Å². The van der Waals surface area contributed by atoms with Crippen LogP contribution in [0.25, 0.3) is 0 Å². The Balaban J connectivity index is 1.72. The van der Waals surface area contributed by atoms with E-state index in [1.54, 1.807) is 11.8 Å². The smallest absolute Gasteiger partial charge is 0.309 e. The molecule has 3 amide bonds. The first kappa shape index (κ1) is 19.3. The molecule has 9 heteroatoms. The third-order valence-corrected chi connectivity index (χ3v) is 4.99. The Morgan fingerprint density at radius 3 is 2.40 bits per heavy atom. The maximum absolute atomic E-state index is 12.4. The molecule has 1 aliphatic rings. The molecule has 25 heavy (non-hydrogen) atoms. The van der Waals surface area contributed by atoms with Gasteiger partial charge in [-0.15, -0.1) is 5.10 Å². The van der Waals surface area contributed by atoms with E-state index in [9.17, 15) is 14.4 Å². The lowest BCUT2D eigenvalue weighted by Gasteiger charge is -2.31. The van der Waals surface area contributed by atoms with E-state index < -0.39 is 11.8 Å². The predicted molar refractivity (Wildman–Crippen MR) is 94.1 cm³/mol. The quantitative estimate of drug-likeness (QED) is 0.741. The lowest BCUT2D eigenvalue weighted by molar-refractivity contribution is -0.139. The first-order valence-corrected chi connectivity index (χ1v) is 9.30. The molecule has 1 aromatic heterocycles. The van der Waals surface area contributed by atoms with Gasteiger partial charge in [0.1, 0.15) is 4.88 Å². The van der Waals surface area contributed by atoms with E-state index in [2.05, 4.69) is 20.2 Å². The van der Waals surface area contributed by atoms with E-state index in [4.69, 9.17) is 0 Å². The van der Waals surface area contributed by atoms with Gasteiger partial charge in [-0.2, -0.15) is 0 Å². The summed E-state index contributed by atoms with van der Waals surface area (Å²) in [5, 5.41) is 9.16.